The van der Waals surface area contributed by atoms with E-state index in [-0.39, 0.29) is 18.5 Å². The number of rotatable bonds is 4. The van der Waals surface area contributed by atoms with E-state index < -0.39 is 18.1 Å². The van der Waals surface area contributed by atoms with Gasteiger partial charge >= 0.3 is 18.1 Å². The van der Waals surface area contributed by atoms with Crippen LogP contribution < -0.4 is 5.32 Å². The Bertz CT molecular complexity index is 440. The van der Waals surface area contributed by atoms with E-state index in [2.05, 4.69) is 0 Å². The predicted molar refractivity (Wildman–Crippen MR) is 56.2 cm³/mol. The summed E-state index contributed by atoms with van der Waals surface area (Å²) in [6, 6.07) is 5.68. The van der Waals surface area contributed by atoms with Crippen molar-refractivity contribution in [1.29, 1.82) is 0 Å². The van der Waals surface area contributed by atoms with Gasteiger partial charge in [-0.05, 0) is 24.1 Å². The number of hydrogen-bond acceptors (Lipinski definition) is 2. The number of carboxylic acids is 1. The lowest BCUT2D eigenvalue weighted by Crippen LogP contribution is -2.37. The van der Waals surface area contributed by atoms with Gasteiger partial charge in [0.2, 0.25) is 0 Å². The van der Waals surface area contributed by atoms with Crippen molar-refractivity contribution < 1.29 is 27.9 Å². The van der Waals surface area contributed by atoms with Gasteiger partial charge in [0.25, 0.3) is 0 Å². The quantitative estimate of drug-likeness (QED) is 0.865. The van der Waals surface area contributed by atoms with Gasteiger partial charge in [-0.1, -0.05) is 12.1 Å². The molecule has 0 aliphatic rings. The van der Waals surface area contributed by atoms with Gasteiger partial charge in [-0.15, -0.1) is 0 Å². The van der Waals surface area contributed by atoms with Crippen LogP contribution in [0.5, 0.6) is 0 Å². The lowest BCUT2D eigenvalue weighted by atomic mass is 10.1. The van der Waals surface area contributed by atoms with Crippen molar-refractivity contribution in [2.24, 2.45) is 0 Å². The summed E-state index contributed by atoms with van der Waals surface area (Å²) in [4.78, 5) is 21.0. The second kappa shape index (κ2) is 5.52. The summed E-state index contributed by atoms with van der Waals surface area (Å²) >= 11 is 0. The summed E-state index contributed by atoms with van der Waals surface area (Å²) in [6.07, 6.45) is -4.69. The molecule has 1 rings (SSSR count). The summed E-state index contributed by atoms with van der Waals surface area (Å²) in [5, 5.41) is 10.4. The molecule has 18 heavy (non-hydrogen) atoms. The first-order valence-electron chi connectivity index (χ1n) is 4.98. The van der Waals surface area contributed by atoms with Gasteiger partial charge in [-0.25, -0.2) is 4.79 Å². The number of nitrogens with one attached hydrogen (secondary N) is 1. The second-order valence-corrected chi connectivity index (χ2v) is 3.51. The fourth-order valence-electron chi connectivity index (χ4n) is 1.23. The molecule has 7 heteroatoms. The third kappa shape index (κ3) is 4.08. The summed E-state index contributed by atoms with van der Waals surface area (Å²) in [7, 11) is 0. The standard InChI is InChI=1S/C11H10F3NO3/c12-11(13,14)10(18)15-6-5-7-1-3-8(4-2-7)9(16)17/h1-4H,5-6H2,(H,15,18)(H,16,17). The maximum Gasteiger partial charge on any atom is 0.471 e. The van der Waals surface area contributed by atoms with Crippen LogP contribution >= 0.6 is 0 Å². The molecule has 2 N–H and O–H groups in total. The number of benzene rings is 1. The number of amides is 1. The first kappa shape index (κ1) is 14.0. The monoisotopic (exact) mass is 261 g/mol. The Kier molecular flexibility index (Phi) is 4.30. The molecular weight excluding hydrogens is 251 g/mol. The summed E-state index contributed by atoms with van der Waals surface area (Å²) in [5.41, 5.74) is 0.737. The van der Waals surface area contributed by atoms with Crippen LogP contribution in [0.3, 0.4) is 0 Å². The predicted octanol–water partition coefficient (Wildman–Crippen LogP) is 1.61. The average Bonchev–Trinajstić information content (AvgIpc) is 2.28. The number of alkyl halides is 3. The highest BCUT2D eigenvalue weighted by Gasteiger charge is 2.38. The maximum absolute atomic E-state index is 11.8. The second-order valence-electron chi connectivity index (χ2n) is 3.51. The minimum atomic E-state index is -4.88. The number of aromatic carboxylic acids is 1. The van der Waals surface area contributed by atoms with Crippen LogP contribution in [0, 0.1) is 0 Å². The Labute approximate surface area is 100 Å². The number of carbonyl (C=O) groups excluding carboxylic acids is 1. The van der Waals surface area contributed by atoms with Crippen LogP contribution in [0.4, 0.5) is 13.2 Å². The normalized spacial score (nSPS) is 11.1. The van der Waals surface area contributed by atoms with Crippen molar-refractivity contribution >= 4 is 11.9 Å². The van der Waals surface area contributed by atoms with E-state index in [9.17, 15) is 22.8 Å². The molecule has 0 saturated heterocycles. The topological polar surface area (TPSA) is 66.4 Å². The van der Waals surface area contributed by atoms with Crippen LogP contribution in [-0.2, 0) is 11.2 Å². The molecule has 0 saturated carbocycles. The molecule has 98 valence electrons. The van der Waals surface area contributed by atoms with E-state index in [1.54, 1.807) is 5.32 Å². The maximum atomic E-state index is 11.8. The number of hydrogen-bond donors (Lipinski definition) is 2. The van der Waals surface area contributed by atoms with Crippen molar-refractivity contribution in [2.45, 2.75) is 12.6 Å². The molecule has 0 spiro atoms. The van der Waals surface area contributed by atoms with Crippen molar-refractivity contribution in [3.8, 4) is 0 Å². The largest absolute Gasteiger partial charge is 0.478 e. The highest BCUT2D eigenvalue weighted by atomic mass is 19.4. The Morgan fingerprint density at radius 3 is 2.17 bits per heavy atom. The van der Waals surface area contributed by atoms with E-state index in [1.165, 1.54) is 24.3 Å². The molecule has 0 aromatic heterocycles. The molecule has 4 nitrogen and oxygen atoms in total. The highest BCUT2D eigenvalue weighted by molar-refractivity contribution is 5.87. The fourth-order valence-corrected chi connectivity index (χ4v) is 1.23. The van der Waals surface area contributed by atoms with Crippen molar-refractivity contribution in [2.75, 3.05) is 6.54 Å². The Morgan fingerprint density at radius 1 is 1.17 bits per heavy atom. The summed E-state index contributed by atoms with van der Waals surface area (Å²) in [6.45, 7) is -0.162. The number of halogens is 3. The number of carbonyl (C=O) groups is 2. The highest BCUT2D eigenvalue weighted by Crippen LogP contribution is 2.14. The number of carboxylic acid groups (broad SMARTS) is 1. The van der Waals surface area contributed by atoms with Crippen LogP contribution in [0.2, 0.25) is 0 Å². The van der Waals surface area contributed by atoms with E-state index in [1.807, 2.05) is 0 Å². The van der Waals surface area contributed by atoms with E-state index in [0.717, 1.165) is 0 Å². The molecule has 1 amide bonds. The summed E-state index contributed by atoms with van der Waals surface area (Å²) < 4.78 is 35.5. The molecule has 0 aliphatic carbocycles. The SMILES string of the molecule is O=C(O)c1ccc(CCNC(=O)C(F)(F)F)cc1. The van der Waals surface area contributed by atoms with Gasteiger partial charge in [0.15, 0.2) is 0 Å². The first-order chi connectivity index (χ1) is 8.30. The fraction of sp³-hybridized carbons (Fsp3) is 0.273. The molecule has 1 aromatic carbocycles. The molecule has 0 radical (unpaired) electrons. The first-order valence-corrected chi connectivity index (χ1v) is 4.98. The average molecular weight is 261 g/mol. The Morgan fingerprint density at radius 2 is 1.72 bits per heavy atom. The zero-order valence-electron chi connectivity index (χ0n) is 9.12. The lowest BCUT2D eigenvalue weighted by molar-refractivity contribution is -0.173. The van der Waals surface area contributed by atoms with Gasteiger partial charge in [0.05, 0.1) is 5.56 Å². The molecule has 0 unspecified atom stereocenters. The Balaban J connectivity index is 2.45. The van der Waals surface area contributed by atoms with E-state index in [4.69, 9.17) is 5.11 Å². The van der Waals surface area contributed by atoms with Gasteiger partial charge in [-0.3, -0.25) is 4.79 Å². The van der Waals surface area contributed by atoms with Gasteiger partial charge < -0.3 is 10.4 Å². The molecule has 0 aliphatic heterocycles. The van der Waals surface area contributed by atoms with Gasteiger partial charge in [0.1, 0.15) is 0 Å². The van der Waals surface area contributed by atoms with Crippen LogP contribution in [-0.4, -0.2) is 29.7 Å². The zero-order chi connectivity index (χ0) is 13.8. The molecule has 0 bridgehead atoms. The molecule has 0 fully saturated rings. The minimum absolute atomic E-state index is 0.0954. The summed E-state index contributed by atoms with van der Waals surface area (Å²) in [5.74, 6) is -3.06. The minimum Gasteiger partial charge on any atom is -0.478 e. The van der Waals surface area contributed by atoms with Crippen LogP contribution in [0.15, 0.2) is 24.3 Å². The van der Waals surface area contributed by atoms with Crippen molar-refractivity contribution in [3.05, 3.63) is 35.4 Å². The zero-order valence-corrected chi connectivity index (χ0v) is 9.12. The van der Waals surface area contributed by atoms with Crippen molar-refractivity contribution in [3.63, 3.8) is 0 Å². The van der Waals surface area contributed by atoms with Gasteiger partial charge in [-0.2, -0.15) is 13.2 Å². The van der Waals surface area contributed by atoms with Crippen LogP contribution in [0.1, 0.15) is 15.9 Å². The molecular formula is C11H10F3NO3. The smallest absolute Gasteiger partial charge is 0.471 e. The molecule has 0 heterocycles. The van der Waals surface area contributed by atoms with Crippen molar-refractivity contribution in [1.82, 2.24) is 5.32 Å². The molecule has 0 atom stereocenters. The third-order valence-electron chi connectivity index (χ3n) is 2.16. The lowest BCUT2D eigenvalue weighted by Gasteiger charge is -2.07. The third-order valence-corrected chi connectivity index (χ3v) is 2.16. The van der Waals surface area contributed by atoms with Crippen LogP contribution in [0.25, 0.3) is 0 Å². The van der Waals surface area contributed by atoms with E-state index >= 15 is 0 Å². The van der Waals surface area contributed by atoms with Gasteiger partial charge in [0, 0.05) is 6.54 Å². The molecule has 1 aromatic rings. The van der Waals surface area contributed by atoms with E-state index in [0.29, 0.717) is 5.56 Å². The Hall–Kier alpha value is -2.05.